The summed E-state index contributed by atoms with van der Waals surface area (Å²) in [6, 6.07) is 14.0. The smallest absolute Gasteiger partial charge is 0.436 e. The Hall–Kier alpha value is -4.05. The third-order valence-electron chi connectivity index (χ3n) is 5.44. The second kappa shape index (κ2) is 9.19. The van der Waals surface area contributed by atoms with E-state index >= 15 is 0 Å². The van der Waals surface area contributed by atoms with Gasteiger partial charge in [-0.25, -0.2) is 9.97 Å². The number of ether oxygens (including phenoxy) is 1. The topological polar surface area (TPSA) is 81.7 Å². The molecule has 0 fully saturated rings. The molecule has 7 nitrogen and oxygen atoms in total. The molecule has 184 valence electrons. The Morgan fingerprint density at radius 3 is 2.61 bits per heavy atom. The summed E-state index contributed by atoms with van der Waals surface area (Å²) in [5.74, 6) is -0.372. The molecule has 1 N–H and O–H groups in total. The fraction of sp³-hybridized carbons (Fsp3) is 0.160. The Bertz CT molecular complexity index is 1580. The first-order chi connectivity index (χ1) is 17.2. The lowest BCUT2D eigenvalue weighted by molar-refractivity contribution is -0.274. The molecule has 0 saturated heterocycles. The van der Waals surface area contributed by atoms with Crippen LogP contribution in [0.5, 0.6) is 5.75 Å². The van der Waals surface area contributed by atoms with E-state index in [9.17, 15) is 18.0 Å². The molecule has 0 radical (unpaired) electrons. The lowest BCUT2D eigenvalue weighted by atomic mass is 10.2. The zero-order chi connectivity index (χ0) is 25.4. The summed E-state index contributed by atoms with van der Waals surface area (Å²) in [4.78, 5) is 22.0. The van der Waals surface area contributed by atoms with E-state index in [0.717, 1.165) is 5.56 Å². The van der Waals surface area contributed by atoms with Gasteiger partial charge in [0.1, 0.15) is 22.6 Å². The van der Waals surface area contributed by atoms with Crippen LogP contribution in [0.15, 0.2) is 65.2 Å². The second-order valence-corrected chi connectivity index (χ2v) is 8.35. The van der Waals surface area contributed by atoms with Crippen LogP contribution in [0.4, 0.5) is 13.2 Å². The molecule has 11 heteroatoms. The fourth-order valence-corrected chi connectivity index (χ4v) is 3.99. The van der Waals surface area contributed by atoms with Crippen molar-refractivity contribution in [2.24, 2.45) is 0 Å². The molecule has 0 unspecified atom stereocenters. The predicted molar refractivity (Wildman–Crippen MR) is 127 cm³/mol. The molecule has 3 aromatic heterocycles. The van der Waals surface area contributed by atoms with Crippen LogP contribution in [0.2, 0.25) is 5.02 Å². The Balaban J connectivity index is 1.33. The van der Waals surface area contributed by atoms with Gasteiger partial charge in [0.2, 0.25) is 5.89 Å². The third kappa shape index (κ3) is 4.85. The van der Waals surface area contributed by atoms with Crippen LogP contribution in [-0.4, -0.2) is 26.6 Å². The van der Waals surface area contributed by atoms with Crippen molar-refractivity contribution in [3.05, 3.63) is 82.8 Å². The molecule has 0 spiro atoms. The highest BCUT2D eigenvalue weighted by atomic mass is 35.5. The standard InChI is InChI=1S/C25H18ClF3N4O3/c1-2-18-22(33-13-16(26)6-10-21(33)31-18)23(34)30-12-14-3-9-20-19(11-14)32-24(35-20)15-4-7-17(8-5-15)36-25(27,28)29/h3-11,13H,2,12H2,1H3,(H,30,34). The zero-order valence-corrected chi connectivity index (χ0v) is 19.5. The summed E-state index contributed by atoms with van der Waals surface area (Å²) in [6.07, 6.45) is -2.52. The normalized spacial score (nSPS) is 11.8. The molecule has 5 aromatic rings. The second-order valence-electron chi connectivity index (χ2n) is 7.91. The SMILES string of the molecule is CCc1nc2ccc(Cl)cn2c1C(=O)NCc1ccc2oc(-c3ccc(OC(F)(F)F)cc3)nc2c1. The number of imidazole rings is 1. The van der Waals surface area contributed by atoms with E-state index in [1.807, 2.05) is 6.92 Å². The summed E-state index contributed by atoms with van der Waals surface area (Å²) < 4.78 is 48.4. The van der Waals surface area contributed by atoms with Gasteiger partial charge in [-0.15, -0.1) is 13.2 Å². The molecule has 0 bridgehead atoms. The van der Waals surface area contributed by atoms with Gasteiger partial charge in [0, 0.05) is 18.3 Å². The lowest BCUT2D eigenvalue weighted by Crippen LogP contribution is -2.25. The highest BCUT2D eigenvalue weighted by molar-refractivity contribution is 6.30. The molecule has 36 heavy (non-hydrogen) atoms. The minimum atomic E-state index is -4.76. The Morgan fingerprint density at radius 2 is 1.89 bits per heavy atom. The number of hydrogen-bond donors (Lipinski definition) is 1. The van der Waals surface area contributed by atoms with Crippen LogP contribution in [-0.2, 0) is 13.0 Å². The fourth-order valence-electron chi connectivity index (χ4n) is 3.83. The summed E-state index contributed by atoms with van der Waals surface area (Å²) >= 11 is 6.11. The maximum atomic E-state index is 13.0. The maximum Gasteiger partial charge on any atom is 0.573 e. The van der Waals surface area contributed by atoms with Crippen molar-refractivity contribution in [3.8, 4) is 17.2 Å². The maximum absolute atomic E-state index is 13.0. The Kier molecular flexibility index (Phi) is 6.05. The van der Waals surface area contributed by atoms with Gasteiger partial charge in [0.15, 0.2) is 5.58 Å². The quantitative estimate of drug-likeness (QED) is 0.292. The van der Waals surface area contributed by atoms with Crippen LogP contribution in [0.3, 0.4) is 0 Å². The van der Waals surface area contributed by atoms with Gasteiger partial charge in [-0.3, -0.25) is 9.20 Å². The highest BCUT2D eigenvalue weighted by Crippen LogP contribution is 2.28. The van der Waals surface area contributed by atoms with Crippen LogP contribution < -0.4 is 10.1 Å². The number of carbonyl (C=O) groups is 1. The largest absolute Gasteiger partial charge is 0.573 e. The molecule has 3 heterocycles. The van der Waals surface area contributed by atoms with Crippen molar-refractivity contribution in [2.45, 2.75) is 26.3 Å². The number of carbonyl (C=O) groups excluding carboxylic acids is 1. The Morgan fingerprint density at radius 1 is 1.11 bits per heavy atom. The Labute approximate surface area is 207 Å². The minimum Gasteiger partial charge on any atom is -0.436 e. The minimum absolute atomic E-state index is 0.234. The van der Waals surface area contributed by atoms with Crippen molar-refractivity contribution in [1.82, 2.24) is 19.7 Å². The monoisotopic (exact) mass is 514 g/mol. The molecular formula is C25H18ClF3N4O3. The van der Waals surface area contributed by atoms with Crippen molar-refractivity contribution in [1.29, 1.82) is 0 Å². The number of aryl methyl sites for hydroxylation is 1. The van der Waals surface area contributed by atoms with Crippen LogP contribution in [0, 0.1) is 0 Å². The van der Waals surface area contributed by atoms with Crippen molar-refractivity contribution in [2.75, 3.05) is 0 Å². The van der Waals surface area contributed by atoms with E-state index in [-0.39, 0.29) is 24.1 Å². The number of fused-ring (bicyclic) bond motifs is 2. The molecule has 0 aliphatic heterocycles. The van der Waals surface area contributed by atoms with Gasteiger partial charge in [-0.2, -0.15) is 0 Å². The van der Waals surface area contributed by atoms with E-state index in [1.165, 1.54) is 24.3 Å². The summed E-state index contributed by atoms with van der Waals surface area (Å²) in [6.45, 7) is 2.16. The number of hydrogen-bond acceptors (Lipinski definition) is 5. The number of halogens is 4. The van der Waals surface area contributed by atoms with E-state index in [4.69, 9.17) is 16.0 Å². The van der Waals surface area contributed by atoms with E-state index in [0.29, 0.717) is 45.1 Å². The average molecular weight is 515 g/mol. The third-order valence-corrected chi connectivity index (χ3v) is 5.67. The summed E-state index contributed by atoms with van der Waals surface area (Å²) in [7, 11) is 0. The van der Waals surface area contributed by atoms with Gasteiger partial charge in [-0.05, 0) is 60.5 Å². The van der Waals surface area contributed by atoms with Crippen molar-refractivity contribution >= 4 is 34.3 Å². The highest BCUT2D eigenvalue weighted by Gasteiger charge is 2.31. The molecule has 0 aliphatic carbocycles. The van der Waals surface area contributed by atoms with Crippen molar-refractivity contribution in [3.63, 3.8) is 0 Å². The molecule has 0 atom stereocenters. The molecule has 2 aromatic carbocycles. The number of alkyl halides is 3. The molecule has 0 saturated carbocycles. The number of oxazole rings is 1. The average Bonchev–Trinajstić information content (AvgIpc) is 3.42. The first kappa shape index (κ1) is 23.7. The first-order valence-electron chi connectivity index (χ1n) is 10.9. The predicted octanol–water partition coefficient (Wildman–Crippen LogP) is 6.19. The number of nitrogens with one attached hydrogen (secondary N) is 1. The van der Waals surface area contributed by atoms with Crippen LogP contribution in [0.1, 0.15) is 28.7 Å². The molecule has 1 amide bonds. The summed E-state index contributed by atoms with van der Waals surface area (Å²) in [5, 5.41) is 3.40. The number of aromatic nitrogens is 3. The van der Waals surface area contributed by atoms with Crippen LogP contribution >= 0.6 is 11.6 Å². The number of benzene rings is 2. The summed E-state index contributed by atoms with van der Waals surface area (Å²) in [5.41, 5.74) is 4.05. The molecule has 0 aliphatic rings. The van der Waals surface area contributed by atoms with E-state index in [1.54, 1.807) is 40.9 Å². The number of pyridine rings is 1. The lowest BCUT2D eigenvalue weighted by Gasteiger charge is -2.08. The number of rotatable bonds is 6. The first-order valence-corrected chi connectivity index (χ1v) is 11.3. The van der Waals surface area contributed by atoms with Gasteiger partial charge in [0.25, 0.3) is 5.91 Å². The molecular weight excluding hydrogens is 497 g/mol. The van der Waals surface area contributed by atoms with Gasteiger partial charge in [-0.1, -0.05) is 24.6 Å². The van der Waals surface area contributed by atoms with E-state index in [2.05, 4.69) is 20.0 Å². The zero-order valence-electron chi connectivity index (χ0n) is 18.8. The van der Waals surface area contributed by atoms with Gasteiger partial charge in [0.05, 0.1) is 10.7 Å². The van der Waals surface area contributed by atoms with Gasteiger partial charge >= 0.3 is 6.36 Å². The van der Waals surface area contributed by atoms with Crippen molar-refractivity contribution < 1.29 is 27.1 Å². The molecule has 5 rings (SSSR count). The number of nitrogens with zero attached hydrogens (tertiary/aromatic N) is 3. The van der Waals surface area contributed by atoms with Gasteiger partial charge < -0.3 is 14.5 Å². The number of amides is 1. The van der Waals surface area contributed by atoms with Crippen LogP contribution in [0.25, 0.3) is 28.2 Å². The van der Waals surface area contributed by atoms with E-state index < -0.39 is 6.36 Å².